The van der Waals surface area contributed by atoms with Crippen molar-refractivity contribution in [3.63, 3.8) is 0 Å². The summed E-state index contributed by atoms with van der Waals surface area (Å²) in [5.41, 5.74) is 4.07. The van der Waals surface area contributed by atoms with Gasteiger partial charge >= 0.3 is 0 Å². The molecule has 0 fully saturated rings. The van der Waals surface area contributed by atoms with E-state index in [9.17, 15) is 5.11 Å². The lowest BCUT2D eigenvalue weighted by atomic mass is 9.96. The molecule has 18 heavy (non-hydrogen) atoms. The summed E-state index contributed by atoms with van der Waals surface area (Å²) in [7, 11) is 0. The van der Waals surface area contributed by atoms with Crippen molar-refractivity contribution in [3.05, 3.63) is 63.9 Å². The lowest BCUT2D eigenvalue weighted by Crippen LogP contribution is -2.07. The molecule has 3 heteroatoms. The van der Waals surface area contributed by atoms with E-state index in [0.717, 1.165) is 5.56 Å². The highest BCUT2D eigenvalue weighted by molar-refractivity contribution is 6.31. The number of pyridine rings is 1. The number of aromatic nitrogens is 1. The van der Waals surface area contributed by atoms with E-state index in [2.05, 4.69) is 31.0 Å². The van der Waals surface area contributed by atoms with Crippen LogP contribution < -0.4 is 0 Å². The number of rotatable bonds is 3. The molecule has 1 heterocycles. The number of hydrogen-bond acceptors (Lipinski definition) is 2. The van der Waals surface area contributed by atoms with Crippen LogP contribution in [0.2, 0.25) is 5.02 Å². The quantitative estimate of drug-likeness (QED) is 0.915. The van der Waals surface area contributed by atoms with Crippen LogP contribution in [0.25, 0.3) is 0 Å². The highest BCUT2D eigenvalue weighted by atomic mass is 35.5. The number of aliphatic hydroxyl groups is 1. The van der Waals surface area contributed by atoms with E-state index < -0.39 is 6.10 Å². The van der Waals surface area contributed by atoms with Crippen molar-refractivity contribution in [1.82, 2.24) is 4.98 Å². The highest BCUT2D eigenvalue weighted by Gasteiger charge is 2.15. The van der Waals surface area contributed by atoms with Crippen LogP contribution in [0.5, 0.6) is 0 Å². The van der Waals surface area contributed by atoms with E-state index in [0.29, 0.717) is 17.1 Å². The molecule has 0 amide bonds. The topological polar surface area (TPSA) is 33.1 Å². The summed E-state index contributed by atoms with van der Waals surface area (Å²) in [6.07, 6.45) is 1.52. The predicted octanol–water partition coefficient (Wildman–Crippen LogP) is 3.63. The number of aliphatic hydroxyl groups excluding tert-OH is 1. The molecular weight excluding hydrogens is 246 g/mol. The Hall–Kier alpha value is -1.38. The average molecular weight is 262 g/mol. The normalized spacial score (nSPS) is 12.4. The van der Waals surface area contributed by atoms with Gasteiger partial charge in [-0.3, -0.25) is 4.98 Å². The molecule has 1 aromatic carbocycles. The SMILES string of the molecule is Cc1cccc(C)c1CC(O)c1ncccc1Cl. The van der Waals surface area contributed by atoms with Crippen molar-refractivity contribution in [2.45, 2.75) is 26.4 Å². The smallest absolute Gasteiger partial charge is 0.101 e. The highest BCUT2D eigenvalue weighted by Crippen LogP contribution is 2.25. The Labute approximate surface area is 112 Å². The van der Waals surface area contributed by atoms with Crippen molar-refractivity contribution >= 4 is 11.6 Å². The van der Waals surface area contributed by atoms with Crippen molar-refractivity contribution in [2.24, 2.45) is 0 Å². The van der Waals surface area contributed by atoms with Crippen molar-refractivity contribution in [2.75, 3.05) is 0 Å². The first-order chi connectivity index (χ1) is 8.59. The third kappa shape index (κ3) is 2.71. The van der Waals surface area contributed by atoms with Gasteiger partial charge in [0, 0.05) is 12.6 Å². The van der Waals surface area contributed by atoms with Crippen LogP contribution in [0.4, 0.5) is 0 Å². The number of hydrogen-bond donors (Lipinski definition) is 1. The van der Waals surface area contributed by atoms with E-state index in [-0.39, 0.29) is 0 Å². The van der Waals surface area contributed by atoms with Gasteiger partial charge in [0.2, 0.25) is 0 Å². The molecule has 2 aromatic rings. The van der Waals surface area contributed by atoms with Gasteiger partial charge in [0.05, 0.1) is 10.7 Å². The summed E-state index contributed by atoms with van der Waals surface area (Å²) < 4.78 is 0. The zero-order valence-corrected chi connectivity index (χ0v) is 11.3. The molecule has 0 saturated carbocycles. The molecule has 1 N–H and O–H groups in total. The molecule has 0 aliphatic heterocycles. The van der Waals surface area contributed by atoms with Crippen molar-refractivity contribution in [1.29, 1.82) is 0 Å². The summed E-state index contributed by atoms with van der Waals surface area (Å²) in [5, 5.41) is 10.8. The molecule has 2 nitrogen and oxygen atoms in total. The molecule has 1 unspecified atom stereocenters. The van der Waals surface area contributed by atoms with Crippen LogP contribution in [0, 0.1) is 13.8 Å². The first-order valence-corrected chi connectivity index (χ1v) is 6.31. The van der Waals surface area contributed by atoms with Gasteiger partial charge in [-0.05, 0) is 42.7 Å². The summed E-state index contributed by atoms with van der Waals surface area (Å²) in [6, 6.07) is 9.63. The first kappa shape index (κ1) is 13.1. The van der Waals surface area contributed by atoms with Gasteiger partial charge < -0.3 is 5.11 Å². The Morgan fingerprint density at radius 2 is 1.83 bits per heavy atom. The number of benzene rings is 1. The van der Waals surface area contributed by atoms with Crippen LogP contribution in [0.3, 0.4) is 0 Å². The molecule has 0 spiro atoms. The van der Waals surface area contributed by atoms with Gasteiger partial charge in [0.1, 0.15) is 6.10 Å². The van der Waals surface area contributed by atoms with Crippen molar-refractivity contribution in [3.8, 4) is 0 Å². The lowest BCUT2D eigenvalue weighted by Gasteiger charge is -2.15. The molecule has 1 atom stereocenters. The molecule has 94 valence electrons. The van der Waals surface area contributed by atoms with Crippen molar-refractivity contribution < 1.29 is 5.11 Å². The molecular formula is C15H16ClNO. The summed E-state index contributed by atoms with van der Waals surface area (Å²) in [6.45, 7) is 4.10. The fraction of sp³-hybridized carbons (Fsp3) is 0.267. The van der Waals surface area contributed by atoms with E-state index in [1.54, 1.807) is 18.3 Å². The average Bonchev–Trinajstić information content (AvgIpc) is 2.34. The van der Waals surface area contributed by atoms with Crippen LogP contribution in [0.15, 0.2) is 36.5 Å². The Bertz CT molecular complexity index is 534. The molecule has 0 aliphatic rings. The monoisotopic (exact) mass is 261 g/mol. The standard InChI is InChI=1S/C15H16ClNO/c1-10-5-3-6-11(2)12(10)9-14(18)15-13(16)7-4-8-17-15/h3-8,14,18H,9H2,1-2H3. The van der Waals surface area contributed by atoms with E-state index in [4.69, 9.17) is 11.6 Å². The Balaban J connectivity index is 2.27. The van der Waals surface area contributed by atoms with Gasteiger partial charge in [0.25, 0.3) is 0 Å². The molecule has 2 rings (SSSR count). The van der Waals surface area contributed by atoms with Crippen LogP contribution >= 0.6 is 11.6 Å². The maximum Gasteiger partial charge on any atom is 0.101 e. The second-order valence-electron chi connectivity index (χ2n) is 4.46. The predicted molar refractivity (Wildman–Crippen MR) is 73.8 cm³/mol. The minimum Gasteiger partial charge on any atom is -0.386 e. The second-order valence-corrected chi connectivity index (χ2v) is 4.87. The Kier molecular flexibility index (Phi) is 4.00. The Morgan fingerprint density at radius 3 is 2.44 bits per heavy atom. The molecule has 0 radical (unpaired) electrons. The summed E-state index contributed by atoms with van der Waals surface area (Å²) in [4.78, 5) is 4.15. The molecule has 0 bridgehead atoms. The first-order valence-electron chi connectivity index (χ1n) is 5.93. The zero-order valence-electron chi connectivity index (χ0n) is 10.5. The van der Waals surface area contributed by atoms with Crippen LogP contribution in [-0.2, 0) is 6.42 Å². The fourth-order valence-corrected chi connectivity index (χ4v) is 2.35. The summed E-state index contributed by atoms with van der Waals surface area (Å²) in [5.74, 6) is 0. The number of halogens is 1. The molecule has 0 saturated heterocycles. The fourth-order valence-electron chi connectivity index (χ4n) is 2.10. The van der Waals surface area contributed by atoms with E-state index >= 15 is 0 Å². The van der Waals surface area contributed by atoms with Gasteiger partial charge in [0.15, 0.2) is 0 Å². The number of aryl methyl sites for hydroxylation is 2. The number of nitrogens with zero attached hydrogens (tertiary/aromatic N) is 1. The second kappa shape index (κ2) is 5.51. The third-order valence-electron chi connectivity index (χ3n) is 3.14. The summed E-state index contributed by atoms with van der Waals surface area (Å²) >= 11 is 6.04. The third-order valence-corrected chi connectivity index (χ3v) is 3.46. The molecule has 0 aliphatic carbocycles. The molecule has 1 aromatic heterocycles. The lowest BCUT2D eigenvalue weighted by molar-refractivity contribution is 0.173. The van der Waals surface area contributed by atoms with Crippen LogP contribution in [0.1, 0.15) is 28.5 Å². The maximum atomic E-state index is 10.3. The minimum absolute atomic E-state index is 0.510. The zero-order chi connectivity index (χ0) is 13.1. The Morgan fingerprint density at radius 1 is 1.17 bits per heavy atom. The maximum absolute atomic E-state index is 10.3. The van der Waals surface area contributed by atoms with E-state index in [1.165, 1.54) is 11.1 Å². The van der Waals surface area contributed by atoms with Gasteiger partial charge in [-0.15, -0.1) is 0 Å². The minimum atomic E-state index is -0.668. The van der Waals surface area contributed by atoms with Crippen LogP contribution in [-0.4, -0.2) is 10.1 Å². The van der Waals surface area contributed by atoms with Gasteiger partial charge in [-0.2, -0.15) is 0 Å². The van der Waals surface area contributed by atoms with E-state index in [1.807, 2.05) is 6.07 Å². The van der Waals surface area contributed by atoms with Gasteiger partial charge in [-0.1, -0.05) is 29.8 Å². The van der Waals surface area contributed by atoms with Gasteiger partial charge in [-0.25, -0.2) is 0 Å². The largest absolute Gasteiger partial charge is 0.386 e.